The van der Waals surface area contributed by atoms with Crippen LogP contribution < -0.4 is 9.47 Å². The molecule has 4 nitrogen and oxygen atoms in total. The number of carbonyl (C=O) groups excluding carboxylic acids is 1. The molecule has 0 aromatic heterocycles. The van der Waals surface area contributed by atoms with Crippen molar-refractivity contribution in [1.29, 1.82) is 0 Å². The second-order valence-corrected chi connectivity index (χ2v) is 10.9. The van der Waals surface area contributed by atoms with Crippen molar-refractivity contribution < 1.29 is 14.3 Å². The van der Waals surface area contributed by atoms with Crippen LogP contribution in [-0.2, 0) is 11.2 Å². The van der Waals surface area contributed by atoms with Gasteiger partial charge in [-0.25, -0.2) is 0 Å². The normalized spacial score (nSPS) is 21.0. The first-order chi connectivity index (χ1) is 16.2. The number of Topliss-reactive ketones (excluding diaryl/α,β-unsaturated/α-hetero) is 1. The van der Waals surface area contributed by atoms with Crippen LogP contribution in [0, 0.1) is 5.41 Å². The fourth-order valence-electron chi connectivity index (χ4n) is 5.81. The summed E-state index contributed by atoms with van der Waals surface area (Å²) in [4.78, 5) is 16.0. The van der Waals surface area contributed by atoms with E-state index in [0.717, 1.165) is 36.5 Å². The molecule has 2 heterocycles. The van der Waals surface area contributed by atoms with Crippen molar-refractivity contribution in [3.8, 4) is 11.5 Å². The number of hydrogen-bond acceptors (Lipinski definition) is 4. The Morgan fingerprint density at radius 2 is 1.68 bits per heavy atom. The predicted octanol–water partition coefficient (Wildman–Crippen LogP) is 6.47. The summed E-state index contributed by atoms with van der Waals surface area (Å²) in [5.74, 6) is 2.24. The number of hydrogen-bond donors (Lipinski definition) is 0. The van der Waals surface area contributed by atoms with E-state index in [9.17, 15) is 4.79 Å². The molecule has 0 saturated carbocycles. The molecule has 0 amide bonds. The third kappa shape index (κ3) is 3.73. The van der Waals surface area contributed by atoms with E-state index >= 15 is 0 Å². The highest BCUT2D eigenvalue weighted by molar-refractivity contribution is 6.01. The van der Waals surface area contributed by atoms with Gasteiger partial charge in [-0.2, -0.15) is 0 Å². The largest absolute Gasteiger partial charge is 0.493 e. The van der Waals surface area contributed by atoms with Crippen LogP contribution in [0.3, 0.4) is 0 Å². The molecule has 2 aliphatic heterocycles. The van der Waals surface area contributed by atoms with Gasteiger partial charge in [0.05, 0.1) is 14.2 Å². The lowest BCUT2D eigenvalue weighted by Crippen LogP contribution is -2.40. The van der Waals surface area contributed by atoms with Gasteiger partial charge >= 0.3 is 0 Å². The van der Waals surface area contributed by atoms with Crippen LogP contribution in [0.2, 0.25) is 0 Å². The molecule has 34 heavy (non-hydrogen) atoms. The highest BCUT2D eigenvalue weighted by atomic mass is 16.5. The maximum absolute atomic E-state index is 13.6. The summed E-state index contributed by atoms with van der Waals surface area (Å²) >= 11 is 0. The average Bonchev–Trinajstić information content (AvgIpc) is 2.81. The van der Waals surface area contributed by atoms with Gasteiger partial charge in [0.25, 0.3) is 0 Å². The summed E-state index contributed by atoms with van der Waals surface area (Å²) < 4.78 is 11.2. The highest BCUT2D eigenvalue weighted by Crippen LogP contribution is 2.51. The first kappa shape index (κ1) is 22.8. The molecule has 1 aliphatic carbocycles. The fraction of sp³-hybridized carbons (Fsp3) is 0.433. The number of rotatable bonds is 4. The van der Waals surface area contributed by atoms with Crippen LogP contribution >= 0.6 is 0 Å². The van der Waals surface area contributed by atoms with E-state index in [1.807, 2.05) is 0 Å². The molecule has 0 fully saturated rings. The molecule has 0 unspecified atom stereocenters. The van der Waals surface area contributed by atoms with E-state index in [4.69, 9.17) is 9.47 Å². The number of nitrogens with zero attached hydrogens (tertiary/aromatic N) is 1. The van der Waals surface area contributed by atoms with Crippen molar-refractivity contribution in [3.05, 3.63) is 76.0 Å². The molecule has 0 N–H and O–H groups in total. The Kier molecular flexibility index (Phi) is 5.58. The van der Waals surface area contributed by atoms with Crippen molar-refractivity contribution in [2.24, 2.45) is 5.41 Å². The Labute approximate surface area is 203 Å². The van der Waals surface area contributed by atoms with Crippen molar-refractivity contribution in [1.82, 2.24) is 4.90 Å². The van der Waals surface area contributed by atoms with Gasteiger partial charge in [-0.05, 0) is 59.1 Å². The SMILES string of the molecule is COc1cc2c(cc1OC)C1=C[C@@H](c3ccc(C(C)C)cc3)C3=C(CC(C)(C)CC3=O)N1CC2. The van der Waals surface area contributed by atoms with Crippen LogP contribution in [0.25, 0.3) is 5.70 Å². The highest BCUT2D eigenvalue weighted by Gasteiger charge is 2.42. The lowest BCUT2D eigenvalue weighted by molar-refractivity contribution is -0.118. The number of methoxy groups -OCH3 is 2. The Balaban J connectivity index is 1.69. The summed E-state index contributed by atoms with van der Waals surface area (Å²) in [6, 6.07) is 13.1. The van der Waals surface area contributed by atoms with Gasteiger partial charge in [-0.1, -0.05) is 52.0 Å². The zero-order chi connectivity index (χ0) is 24.2. The van der Waals surface area contributed by atoms with Crippen molar-refractivity contribution in [2.75, 3.05) is 20.8 Å². The molecular weight excluding hydrogens is 422 g/mol. The number of carbonyl (C=O) groups is 1. The van der Waals surface area contributed by atoms with E-state index in [1.54, 1.807) is 14.2 Å². The van der Waals surface area contributed by atoms with Gasteiger partial charge in [-0.15, -0.1) is 0 Å². The minimum absolute atomic E-state index is 0.0369. The zero-order valence-electron chi connectivity index (χ0n) is 21.2. The molecule has 1 atom stereocenters. The molecule has 4 heteroatoms. The first-order valence-corrected chi connectivity index (χ1v) is 12.3. The maximum Gasteiger partial charge on any atom is 0.162 e. The average molecular weight is 458 g/mol. The molecule has 0 saturated heterocycles. The van der Waals surface area contributed by atoms with Crippen LogP contribution in [-0.4, -0.2) is 31.4 Å². The molecule has 178 valence electrons. The summed E-state index contributed by atoms with van der Waals surface area (Å²) in [5.41, 5.74) is 8.28. The smallest absolute Gasteiger partial charge is 0.162 e. The van der Waals surface area contributed by atoms with E-state index in [-0.39, 0.29) is 17.1 Å². The second-order valence-electron chi connectivity index (χ2n) is 10.9. The van der Waals surface area contributed by atoms with Gasteiger partial charge in [0.2, 0.25) is 0 Å². The van der Waals surface area contributed by atoms with Crippen LogP contribution in [0.15, 0.2) is 53.7 Å². The van der Waals surface area contributed by atoms with Gasteiger partial charge in [0.1, 0.15) is 0 Å². The Hall–Kier alpha value is -3.01. The summed E-state index contributed by atoms with van der Waals surface area (Å²) in [6.07, 6.45) is 4.73. The number of ketones is 1. The lowest BCUT2D eigenvalue weighted by Gasteiger charge is -2.46. The molecule has 0 spiro atoms. The Bertz CT molecular complexity index is 1200. The van der Waals surface area contributed by atoms with Crippen LogP contribution in [0.1, 0.15) is 74.6 Å². The van der Waals surface area contributed by atoms with Gasteiger partial charge in [-0.3, -0.25) is 4.79 Å². The molecule has 2 aromatic rings. The predicted molar refractivity (Wildman–Crippen MR) is 136 cm³/mol. The summed E-state index contributed by atoms with van der Waals surface area (Å²) in [7, 11) is 3.37. The van der Waals surface area contributed by atoms with E-state index < -0.39 is 0 Å². The minimum Gasteiger partial charge on any atom is -0.493 e. The third-order valence-electron chi connectivity index (χ3n) is 7.60. The van der Waals surface area contributed by atoms with E-state index in [1.165, 1.54) is 33.6 Å². The number of fused-ring (bicyclic) bond motifs is 4. The number of allylic oxidation sites excluding steroid dienone is 3. The molecule has 3 aliphatic rings. The fourth-order valence-corrected chi connectivity index (χ4v) is 5.81. The minimum atomic E-state index is -0.0394. The molecule has 5 rings (SSSR count). The molecule has 0 bridgehead atoms. The number of benzene rings is 2. The lowest BCUT2D eigenvalue weighted by atomic mass is 9.69. The van der Waals surface area contributed by atoms with Crippen molar-refractivity contribution >= 4 is 11.5 Å². The first-order valence-electron chi connectivity index (χ1n) is 12.3. The molecule has 0 radical (unpaired) electrons. The monoisotopic (exact) mass is 457 g/mol. The van der Waals surface area contributed by atoms with Crippen molar-refractivity contribution in [2.45, 2.75) is 58.8 Å². The van der Waals surface area contributed by atoms with E-state index in [2.05, 4.69) is 75.1 Å². The summed E-state index contributed by atoms with van der Waals surface area (Å²) in [6.45, 7) is 9.72. The van der Waals surface area contributed by atoms with Crippen LogP contribution in [0.5, 0.6) is 11.5 Å². The van der Waals surface area contributed by atoms with Gasteiger partial charge < -0.3 is 14.4 Å². The topological polar surface area (TPSA) is 38.8 Å². The van der Waals surface area contributed by atoms with Crippen LogP contribution in [0.4, 0.5) is 0 Å². The third-order valence-corrected chi connectivity index (χ3v) is 7.60. The number of ether oxygens (including phenoxy) is 2. The Morgan fingerprint density at radius 3 is 2.32 bits per heavy atom. The Morgan fingerprint density at radius 1 is 1.00 bits per heavy atom. The molecular formula is C30H35NO3. The van der Waals surface area contributed by atoms with Gasteiger partial charge in [0, 0.05) is 41.4 Å². The zero-order valence-corrected chi connectivity index (χ0v) is 21.2. The van der Waals surface area contributed by atoms with Crippen molar-refractivity contribution in [3.63, 3.8) is 0 Å². The maximum atomic E-state index is 13.6. The van der Waals surface area contributed by atoms with E-state index in [0.29, 0.717) is 12.3 Å². The second kappa shape index (κ2) is 8.33. The standard InChI is InChI=1S/C30H35NO3/c1-18(2)19-7-9-20(10-8-19)23-14-24-22-15-28(34-6)27(33-5)13-21(22)11-12-31(24)25-16-30(3,4)17-26(32)29(23)25/h7-10,13-15,18,23H,11-12,16-17H2,1-6H3/t23-/m0/s1. The quantitative estimate of drug-likeness (QED) is 0.528. The molecule has 2 aromatic carbocycles. The summed E-state index contributed by atoms with van der Waals surface area (Å²) in [5, 5.41) is 0. The van der Waals surface area contributed by atoms with Gasteiger partial charge in [0.15, 0.2) is 17.3 Å².